The fraction of sp³-hybridized carbons (Fsp3) is 0.167. The number of rotatable bonds is 6. The molecule has 0 saturated heterocycles. The molecule has 30 heavy (non-hydrogen) atoms. The largest absolute Gasteiger partial charge is 0.496 e. The van der Waals surface area contributed by atoms with Gasteiger partial charge in [-0.1, -0.05) is 24.3 Å². The summed E-state index contributed by atoms with van der Waals surface area (Å²) in [4.78, 5) is 17.2. The number of nitrogens with zero attached hydrogens (tertiary/aromatic N) is 2. The van der Waals surface area contributed by atoms with E-state index < -0.39 is 0 Å². The van der Waals surface area contributed by atoms with Gasteiger partial charge in [0.2, 0.25) is 0 Å². The first-order valence-electron chi connectivity index (χ1n) is 9.63. The van der Waals surface area contributed by atoms with Gasteiger partial charge in [0, 0.05) is 17.7 Å². The summed E-state index contributed by atoms with van der Waals surface area (Å²) in [6.07, 6.45) is 1.75. The normalized spacial score (nSPS) is 10.8. The number of benzene rings is 3. The maximum Gasteiger partial charge on any atom is 0.251 e. The van der Waals surface area contributed by atoms with Gasteiger partial charge in [-0.2, -0.15) is 0 Å². The molecular formula is C24H23N3O3. The molecule has 0 atom stereocenters. The lowest BCUT2D eigenvalue weighted by Crippen LogP contribution is -2.23. The highest BCUT2D eigenvalue weighted by Crippen LogP contribution is 2.28. The third kappa shape index (κ3) is 3.72. The fourth-order valence-corrected chi connectivity index (χ4v) is 3.46. The van der Waals surface area contributed by atoms with Crippen molar-refractivity contribution >= 4 is 16.9 Å². The molecular weight excluding hydrogens is 378 g/mol. The summed E-state index contributed by atoms with van der Waals surface area (Å²) >= 11 is 0. The van der Waals surface area contributed by atoms with E-state index in [1.54, 1.807) is 32.7 Å². The van der Waals surface area contributed by atoms with Crippen LogP contribution in [0.5, 0.6) is 11.5 Å². The van der Waals surface area contributed by atoms with Gasteiger partial charge in [0.1, 0.15) is 17.8 Å². The molecule has 0 unspecified atom stereocenters. The summed E-state index contributed by atoms with van der Waals surface area (Å²) in [5.41, 5.74) is 5.15. The highest BCUT2D eigenvalue weighted by atomic mass is 16.5. The molecule has 4 rings (SSSR count). The van der Waals surface area contributed by atoms with E-state index in [1.807, 2.05) is 60.0 Å². The number of hydrogen-bond acceptors (Lipinski definition) is 4. The van der Waals surface area contributed by atoms with E-state index in [1.165, 1.54) is 0 Å². The van der Waals surface area contributed by atoms with Crippen molar-refractivity contribution in [2.75, 3.05) is 14.2 Å². The van der Waals surface area contributed by atoms with Crippen molar-refractivity contribution in [2.45, 2.75) is 13.5 Å². The molecule has 1 heterocycles. The minimum absolute atomic E-state index is 0.162. The molecule has 0 bridgehead atoms. The number of aryl methyl sites for hydroxylation is 1. The highest BCUT2D eigenvalue weighted by Gasteiger charge is 2.13. The Morgan fingerprint density at radius 2 is 1.80 bits per heavy atom. The molecule has 6 heteroatoms. The number of aromatic nitrogens is 2. The Labute approximate surface area is 175 Å². The third-order valence-electron chi connectivity index (χ3n) is 5.04. The lowest BCUT2D eigenvalue weighted by Gasteiger charge is -2.12. The lowest BCUT2D eigenvalue weighted by atomic mass is 10.1. The predicted octanol–water partition coefficient (Wildman–Crippen LogP) is 4.28. The Balaban J connectivity index is 1.59. The molecule has 152 valence electrons. The molecule has 1 N–H and O–H groups in total. The molecule has 3 aromatic carbocycles. The van der Waals surface area contributed by atoms with Crippen LogP contribution in [0.1, 0.15) is 21.5 Å². The first-order valence-corrected chi connectivity index (χ1v) is 9.63. The maximum absolute atomic E-state index is 12.7. The molecule has 1 aromatic heterocycles. The summed E-state index contributed by atoms with van der Waals surface area (Å²) in [5, 5.41) is 2.95. The van der Waals surface area contributed by atoms with Crippen LogP contribution in [0.15, 0.2) is 67.0 Å². The molecule has 0 aliphatic carbocycles. The van der Waals surface area contributed by atoms with Crippen LogP contribution in [-0.4, -0.2) is 29.7 Å². The number of nitrogens with one attached hydrogen (secondary N) is 1. The second-order valence-corrected chi connectivity index (χ2v) is 6.99. The number of methoxy groups -OCH3 is 2. The summed E-state index contributed by atoms with van der Waals surface area (Å²) in [6, 6.07) is 19.1. The van der Waals surface area contributed by atoms with E-state index >= 15 is 0 Å². The highest BCUT2D eigenvalue weighted by molar-refractivity contribution is 5.97. The van der Waals surface area contributed by atoms with Crippen molar-refractivity contribution in [3.05, 3.63) is 83.7 Å². The molecule has 0 fully saturated rings. The van der Waals surface area contributed by atoms with Crippen LogP contribution in [0.4, 0.5) is 0 Å². The van der Waals surface area contributed by atoms with Crippen LogP contribution in [0.2, 0.25) is 0 Å². The minimum Gasteiger partial charge on any atom is -0.496 e. The van der Waals surface area contributed by atoms with E-state index in [0.29, 0.717) is 12.1 Å². The molecule has 0 aliphatic rings. The number of hydrogen-bond donors (Lipinski definition) is 1. The van der Waals surface area contributed by atoms with Gasteiger partial charge in [0.05, 0.1) is 30.9 Å². The number of carbonyl (C=O) groups is 1. The van der Waals surface area contributed by atoms with Crippen LogP contribution >= 0.6 is 0 Å². The van der Waals surface area contributed by atoms with Crippen molar-refractivity contribution in [3.63, 3.8) is 0 Å². The van der Waals surface area contributed by atoms with Gasteiger partial charge in [-0.15, -0.1) is 0 Å². The van der Waals surface area contributed by atoms with Crippen molar-refractivity contribution in [2.24, 2.45) is 0 Å². The molecule has 0 saturated carbocycles. The van der Waals surface area contributed by atoms with Gasteiger partial charge < -0.3 is 14.8 Å². The van der Waals surface area contributed by atoms with E-state index in [2.05, 4.69) is 10.3 Å². The maximum atomic E-state index is 12.7. The number of para-hydroxylation sites is 1. The van der Waals surface area contributed by atoms with Crippen LogP contribution in [0.25, 0.3) is 16.7 Å². The fourth-order valence-electron chi connectivity index (χ4n) is 3.46. The van der Waals surface area contributed by atoms with Gasteiger partial charge >= 0.3 is 0 Å². The van der Waals surface area contributed by atoms with Crippen LogP contribution in [-0.2, 0) is 6.54 Å². The van der Waals surface area contributed by atoms with Crippen molar-refractivity contribution < 1.29 is 14.3 Å². The molecule has 4 aromatic rings. The van der Waals surface area contributed by atoms with Gasteiger partial charge in [0.15, 0.2) is 0 Å². The number of carbonyl (C=O) groups excluding carboxylic acids is 1. The minimum atomic E-state index is -0.162. The predicted molar refractivity (Wildman–Crippen MR) is 117 cm³/mol. The zero-order valence-electron chi connectivity index (χ0n) is 17.2. The van der Waals surface area contributed by atoms with Crippen LogP contribution in [0, 0.1) is 6.92 Å². The number of amides is 1. The van der Waals surface area contributed by atoms with E-state index in [0.717, 1.165) is 39.3 Å². The quantitative estimate of drug-likeness (QED) is 0.524. The van der Waals surface area contributed by atoms with Crippen LogP contribution < -0.4 is 14.8 Å². The van der Waals surface area contributed by atoms with Crippen LogP contribution in [0.3, 0.4) is 0 Å². The monoisotopic (exact) mass is 401 g/mol. The second kappa shape index (κ2) is 8.29. The summed E-state index contributed by atoms with van der Waals surface area (Å²) in [5.74, 6) is 1.35. The van der Waals surface area contributed by atoms with Crippen molar-refractivity contribution in [3.8, 4) is 17.2 Å². The second-order valence-electron chi connectivity index (χ2n) is 6.99. The number of ether oxygens (including phenoxy) is 2. The smallest absolute Gasteiger partial charge is 0.251 e. The molecule has 0 spiro atoms. The van der Waals surface area contributed by atoms with Gasteiger partial charge in [-0.3, -0.25) is 9.36 Å². The van der Waals surface area contributed by atoms with Crippen molar-refractivity contribution in [1.29, 1.82) is 0 Å². The molecule has 6 nitrogen and oxygen atoms in total. The van der Waals surface area contributed by atoms with E-state index in [-0.39, 0.29) is 5.91 Å². The average molecular weight is 401 g/mol. The first kappa shape index (κ1) is 19.5. The lowest BCUT2D eigenvalue weighted by molar-refractivity contribution is 0.0951. The van der Waals surface area contributed by atoms with Gasteiger partial charge in [-0.05, 0) is 48.9 Å². The number of imidazole rings is 1. The third-order valence-corrected chi connectivity index (χ3v) is 5.04. The van der Waals surface area contributed by atoms with Crippen molar-refractivity contribution in [1.82, 2.24) is 14.9 Å². The molecule has 0 aliphatic heterocycles. The standard InChI is InChI=1S/C24H23N3O3/c1-16-8-11-23(30-3)21(12-16)27-15-26-19-13-17(9-10-20(19)27)24(28)25-14-18-6-4-5-7-22(18)29-2/h4-13,15H,14H2,1-3H3,(H,25,28). The summed E-state index contributed by atoms with van der Waals surface area (Å²) in [6.45, 7) is 2.42. The first-order chi connectivity index (χ1) is 14.6. The molecule has 1 amide bonds. The summed E-state index contributed by atoms with van der Waals surface area (Å²) in [7, 11) is 3.27. The SMILES string of the molecule is COc1ccccc1CNC(=O)c1ccc2c(c1)ncn2-c1cc(C)ccc1OC. The zero-order chi connectivity index (χ0) is 21.1. The van der Waals surface area contributed by atoms with E-state index in [9.17, 15) is 4.79 Å². The van der Waals surface area contributed by atoms with Gasteiger partial charge in [0.25, 0.3) is 5.91 Å². The average Bonchev–Trinajstić information content (AvgIpc) is 3.20. The Kier molecular flexibility index (Phi) is 5.39. The Morgan fingerprint density at radius 1 is 1.00 bits per heavy atom. The molecule has 0 radical (unpaired) electrons. The topological polar surface area (TPSA) is 65.4 Å². The zero-order valence-corrected chi connectivity index (χ0v) is 17.2. The summed E-state index contributed by atoms with van der Waals surface area (Å²) < 4.78 is 12.8. The Bertz CT molecular complexity index is 1210. The Hall–Kier alpha value is -3.80. The number of fused-ring (bicyclic) bond motifs is 1. The Morgan fingerprint density at radius 3 is 2.60 bits per heavy atom. The van der Waals surface area contributed by atoms with Gasteiger partial charge in [-0.25, -0.2) is 4.98 Å². The van der Waals surface area contributed by atoms with E-state index in [4.69, 9.17) is 9.47 Å².